The van der Waals surface area contributed by atoms with E-state index >= 15 is 4.79 Å². The average molecular weight is 802 g/mol. The first kappa shape index (κ1) is 43.3. The molecule has 0 radical (unpaired) electrons. The molecular weight excluding hydrogens is 747 g/mol. The number of piperidine rings is 1. The first-order valence-corrected chi connectivity index (χ1v) is 21.0. The maximum absolute atomic E-state index is 15.1. The number of anilines is 1. The van der Waals surface area contributed by atoms with Crippen molar-refractivity contribution in [2.45, 2.75) is 83.6 Å². The second-order valence-corrected chi connectivity index (χ2v) is 18.5. The lowest BCUT2D eigenvalue weighted by molar-refractivity contribution is -0.157. The van der Waals surface area contributed by atoms with Crippen molar-refractivity contribution in [2.75, 3.05) is 37.4 Å². The van der Waals surface area contributed by atoms with Gasteiger partial charge in [-0.2, -0.15) is 0 Å². The highest BCUT2D eigenvalue weighted by Gasteiger charge is 2.53. The lowest BCUT2D eigenvalue weighted by Crippen LogP contribution is -2.59. The van der Waals surface area contributed by atoms with Gasteiger partial charge in [-0.05, 0) is 105 Å². The van der Waals surface area contributed by atoms with Crippen LogP contribution in [0.15, 0.2) is 72.8 Å². The number of benzene rings is 3. The molecule has 0 spiro atoms. The van der Waals surface area contributed by atoms with Crippen LogP contribution in [0, 0.1) is 11.3 Å². The lowest BCUT2D eigenvalue weighted by atomic mass is 9.66. The highest BCUT2D eigenvalue weighted by Crippen LogP contribution is 2.52. The summed E-state index contributed by atoms with van der Waals surface area (Å²) in [6, 6.07) is 20.0. The number of likely N-dealkylation sites (tertiary alicyclic amines) is 1. The van der Waals surface area contributed by atoms with Crippen LogP contribution >= 0.6 is 23.2 Å². The Morgan fingerprint density at radius 1 is 0.944 bits per heavy atom. The van der Waals surface area contributed by atoms with Crippen molar-refractivity contribution in [3.8, 4) is 0 Å². The molecule has 0 aromatic heterocycles. The topological polar surface area (TPSA) is 148 Å². The Labute approximate surface area is 330 Å². The molecular formula is C41H54Cl2N4O6S. The molecule has 1 fully saturated rings. The van der Waals surface area contributed by atoms with Crippen LogP contribution in [-0.2, 0) is 24.2 Å². The van der Waals surface area contributed by atoms with Crippen LogP contribution in [0.2, 0.25) is 10.0 Å². The Morgan fingerprint density at radius 2 is 1.61 bits per heavy atom. The summed E-state index contributed by atoms with van der Waals surface area (Å²) in [5.74, 6) is -1.74. The van der Waals surface area contributed by atoms with Crippen LogP contribution in [-0.4, -0.2) is 74.4 Å². The van der Waals surface area contributed by atoms with Gasteiger partial charge in [0.05, 0.1) is 22.5 Å². The summed E-state index contributed by atoms with van der Waals surface area (Å²) in [6.45, 7) is 11.1. The van der Waals surface area contributed by atoms with E-state index in [0.29, 0.717) is 60.4 Å². The van der Waals surface area contributed by atoms with E-state index in [1.807, 2.05) is 44.2 Å². The molecule has 4 N–H and O–H groups in total. The van der Waals surface area contributed by atoms with Gasteiger partial charge >= 0.3 is 0 Å². The second kappa shape index (κ2) is 19.4. The third-order valence-electron chi connectivity index (χ3n) is 10.1. The van der Waals surface area contributed by atoms with E-state index in [-0.39, 0.29) is 41.7 Å². The lowest BCUT2D eigenvalue weighted by Gasteiger charge is -2.53. The number of sulfone groups is 1. The smallest absolute Gasteiger partial charge is 0.251 e. The highest BCUT2D eigenvalue weighted by atomic mass is 35.5. The summed E-state index contributed by atoms with van der Waals surface area (Å²) in [5.41, 5.74) is 6.84. The van der Waals surface area contributed by atoms with E-state index in [1.165, 1.54) is 0 Å². The standard InChI is InChI=1S/C41H54Cl2N4O6S/c1-27(2)36(26-54(51,52)28(3)4)47-38(29-11-15-32(42)16-12-29)35(31-9-6-10-33(43)23-31)24-41(5,40(47)50)25-37(48)46-34-17-13-30(14-18-34)39(49)45-20-8-22-53-21-7-19-44/h6,9-18,23,27-28,35-36,38H,7-8,19-22,24-26,44H2,1-5H3,(H,45,49)(H,46,48)/t35-,36?,38-,41-/m1/s1. The summed E-state index contributed by atoms with van der Waals surface area (Å²) in [7, 11) is -3.59. The number of nitrogens with two attached hydrogens (primary N) is 1. The normalized spacial score (nSPS) is 19.6. The first-order chi connectivity index (χ1) is 25.6. The highest BCUT2D eigenvalue weighted by molar-refractivity contribution is 7.92. The third-order valence-corrected chi connectivity index (χ3v) is 12.8. The first-order valence-electron chi connectivity index (χ1n) is 18.6. The van der Waals surface area contributed by atoms with Gasteiger partial charge in [-0.15, -0.1) is 0 Å². The number of ether oxygens (including phenoxy) is 1. The van der Waals surface area contributed by atoms with Crippen LogP contribution in [0.1, 0.15) is 93.7 Å². The van der Waals surface area contributed by atoms with Crippen LogP contribution in [0.4, 0.5) is 5.69 Å². The average Bonchev–Trinajstić information content (AvgIpc) is 3.12. The Bertz CT molecular complexity index is 1840. The molecule has 0 bridgehead atoms. The van der Waals surface area contributed by atoms with Gasteiger partial charge in [-0.25, -0.2) is 8.42 Å². The minimum atomic E-state index is -3.59. The van der Waals surface area contributed by atoms with Crippen molar-refractivity contribution in [2.24, 2.45) is 17.1 Å². The number of hydrogen-bond donors (Lipinski definition) is 3. The number of rotatable bonds is 18. The molecule has 0 saturated carbocycles. The molecule has 1 heterocycles. The Kier molecular flexibility index (Phi) is 15.5. The molecule has 54 heavy (non-hydrogen) atoms. The predicted molar refractivity (Wildman–Crippen MR) is 217 cm³/mol. The molecule has 3 aromatic rings. The van der Waals surface area contributed by atoms with E-state index in [2.05, 4.69) is 10.6 Å². The molecule has 3 aromatic carbocycles. The van der Waals surface area contributed by atoms with E-state index in [1.54, 1.807) is 68.1 Å². The Hall–Kier alpha value is -3.48. The number of halogens is 2. The van der Waals surface area contributed by atoms with Gasteiger partial charge in [0, 0.05) is 59.4 Å². The maximum Gasteiger partial charge on any atom is 0.251 e. The molecule has 1 aliphatic heterocycles. The quantitative estimate of drug-likeness (QED) is 0.114. The van der Waals surface area contributed by atoms with Crippen LogP contribution < -0.4 is 16.4 Å². The number of nitrogens with one attached hydrogen (secondary N) is 2. The van der Waals surface area contributed by atoms with Crippen LogP contribution in [0.3, 0.4) is 0 Å². The zero-order valence-electron chi connectivity index (χ0n) is 31.8. The minimum Gasteiger partial charge on any atom is -0.381 e. The summed E-state index contributed by atoms with van der Waals surface area (Å²) in [6.07, 6.45) is 1.59. The maximum atomic E-state index is 15.1. The van der Waals surface area contributed by atoms with Crippen molar-refractivity contribution in [1.82, 2.24) is 10.2 Å². The molecule has 4 rings (SSSR count). The van der Waals surface area contributed by atoms with E-state index in [9.17, 15) is 18.0 Å². The fourth-order valence-corrected chi connectivity index (χ4v) is 8.70. The minimum absolute atomic E-state index is 0.163. The number of amides is 3. The summed E-state index contributed by atoms with van der Waals surface area (Å²) in [4.78, 5) is 43.3. The van der Waals surface area contributed by atoms with Crippen molar-refractivity contribution in [3.05, 3.63) is 99.5 Å². The zero-order valence-corrected chi connectivity index (χ0v) is 34.1. The molecule has 294 valence electrons. The summed E-state index contributed by atoms with van der Waals surface area (Å²) < 4.78 is 32.5. The summed E-state index contributed by atoms with van der Waals surface area (Å²) in [5, 5.41) is 6.20. The molecule has 4 atom stereocenters. The predicted octanol–water partition coefficient (Wildman–Crippen LogP) is 7.42. The van der Waals surface area contributed by atoms with Crippen molar-refractivity contribution < 1.29 is 27.5 Å². The summed E-state index contributed by atoms with van der Waals surface area (Å²) >= 11 is 12.8. The molecule has 1 unspecified atom stereocenters. The fraction of sp³-hybridized carbons (Fsp3) is 0.488. The molecule has 0 aliphatic carbocycles. The van der Waals surface area contributed by atoms with Gasteiger partial charge in [0.25, 0.3) is 5.91 Å². The number of hydrogen-bond acceptors (Lipinski definition) is 7. The van der Waals surface area contributed by atoms with E-state index in [4.69, 9.17) is 33.7 Å². The van der Waals surface area contributed by atoms with Crippen molar-refractivity contribution in [1.29, 1.82) is 0 Å². The number of carbonyl (C=O) groups is 3. The van der Waals surface area contributed by atoms with Gasteiger partial charge in [-0.3, -0.25) is 14.4 Å². The van der Waals surface area contributed by atoms with Gasteiger partial charge < -0.3 is 26.0 Å². The number of carbonyl (C=O) groups excluding carboxylic acids is 3. The Balaban J connectivity index is 1.63. The zero-order chi connectivity index (χ0) is 39.6. The van der Waals surface area contributed by atoms with Crippen LogP contribution in [0.25, 0.3) is 0 Å². The molecule has 3 amide bonds. The largest absolute Gasteiger partial charge is 0.381 e. The molecule has 10 nitrogen and oxygen atoms in total. The second-order valence-electron chi connectivity index (χ2n) is 15.0. The van der Waals surface area contributed by atoms with Crippen LogP contribution in [0.5, 0.6) is 0 Å². The molecule has 13 heteroatoms. The van der Waals surface area contributed by atoms with Gasteiger partial charge in [0.2, 0.25) is 11.8 Å². The monoisotopic (exact) mass is 800 g/mol. The van der Waals surface area contributed by atoms with Gasteiger partial charge in [-0.1, -0.05) is 68.2 Å². The number of nitrogens with zero attached hydrogens (tertiary/aromatic N) is 1. The van der Waals surface area contributed by atoms with Gasteiger partial charge in [0.1, 0.15) is 0 Å². The molecule has 1 aliphatic rings. The Morgan fingerprint density at radius 3 is 2.22 bits per heavy atom. The third kappa shape index (κ3) is 11.3. The van der Waals surface area contributed by atoms with Gasteiger partial charge in [0.15, 0.2) is 9.84 Å². The molecule has 1 saturated heterocycles. The van der Waals surface area contributed by atoms with E-state index < -0.39 is 32.6 Å². The fourth-order valence-electron chi connectivity index (χ4n) is 6.97. The van der Waals surface area contributed by atoms with Crippen molar-refractivity contribution in [3.63, 3.8) is 0 Å². The SMILES string of the molecule is CC(C)C(CS(=O)(=O)C(C)C)N1C(=O)[C@@](C)(CC(=O)Nc2ccc(C(=O)NCCCOCCCN)cc2)C[C@H](c2cccc(Cl)c2)[C@H]1c1ccc(Cl)cc1. The van der Waals surface area contributed by atoms with E-state index in [0.717, 1.165) is 17.5 Å². The van der Waals surface area contributed by atoms with Crippen molar-refractivity contribution >= 4 is 56.4 Å².